The van der Waals surface area contributed by atoms with Crippen LogP contribution in [0.25, 0.3) is 0 Å². The van der Waals surface area contributed by atoms with Gasteiger partial charge in [0, 0.05) is 18.3 Å². The Balaban J connectivity index is 1.91. The molecule has 8 heteroatoms. The number of rotatable bonds is 8. The molecule has 0 atom stereocenters. The van der Waals surface area contributed by atoms with E-state index in [-0.39, 0.29) is 12.3 Å². The molecule has 26 heavy (non-hydrogen) atoms. The summed E-state index contributed by atoms with van der Waals surface area (Å²) in [5, 5.41) is 2.58. The summed E-state index contributed by atoms with van der Waals surface area (Å²) < 4.78 is 49.2. The summed E-state index contributed by atoms with van der Waals surface area (Å²) in [6.45, 7) is 2.06. The van der Waals surface area contributed by atoms with Gasteiger partial charge in [-0.05, 0) is 24.6 Å². The Bertz CT molecular complexity index is 736. The lowest BCUT2D eigenvalue weighted by atomic mass is 10.2. The summed E-state index contributed by atoms with van der Waals surface area (Å²) >= 11 is 0. The minimum atomic E-state index is -4.55. The van der Waals surface area contributed by atoms with Gasteiger partial charge in [-0.25, -0.2) is 4.98 Å². The Kier molecular flexibility index (Phi) is 6.82. The van der Waals surface area contributed by atoms with E-state index in [0.29, 0.717) is 18.1 Å². The predicted octanol–water partition coefficient (Wildman–Crippen LogP) is 3.58. The number of hydrogen-bond donors (Lipinski definition) is 1. The van der Waals surface area contributed by atoms with Gasteiger partial charge in [0.15, 0.2) is 6.61 Å². The highest BCUT2D eigenvalue weighted by Gasteiger charge is 2.34. The summed E-state index contributed by atoms with van der Waals surface area (Å²) in [4.78, 5) is 16.0. The maximum absolute atomic E-state index is 12.9. The number of halogens is 3. The van der Waals surface area contributed by atoms with E-state index in [1.807, 2.05) is 6.92 Å². The number of nitrogens with zero attached hydrogens (tertiary/aromatic N) is 1. The van der Waals surface area contributed by atoms with E-state index in [9.17, 15) is 18.0 Å². The highest BCUT2D eigenvalue weighted by atomic mass is 19.4. The Labute approximate surface area is 149 Å². The van der Waals surface area contributed by atoms with Crippen molar-refractivity contribution in [3.05, 3.63) is 53.7 Å². The number of nitrogens with one attached hydrogen (secondary N) is 1. The molecule has 1 heterocycles. The SMILES string of the molecule is CCCOc1ncccc1CNC(=O)COc1ccccc1C(F)(F)F. The predicted molar refractivity (Wildman–Crippen MR) is 88.8 cm³/mol. The van der Waals surface area contributed by atoms with Gasteiger partial charge in [-0.3, -0.25) is 4.79 Å². The molecule has 2 aromatic rings. The van der Waals surface area contributed by atoms with Crippen LogP contribution >= 0.6 is 0 Å². The molecule has 0 aliphatic rings. The van der Waals surface area contributed by atoms with Crippen molar-refractivity contribution in [2.24, 2.45) is 0 Å². The Morgan fingerprint density at radius 2 is 1.92 bits per heavy atom. The fourth-order valence-electron chi connectivity index (χ4n) is 2.10. The van der Waals surface area contributed by atoms with Crippen LogP contribution in [0.4, 0.5) is 13.2 Å². The molecule has 0 fully saturated rings. The molecule has 1 amide bonds. The molecule has 1 N–H and O–H groups in total. The molecule has 0 aliphatic heterocycles. The molecule has 1 aromatic carbocycles. The number of aromatic nitrogens is 1. The fraction of sp³-hybridized carbons (Fsp3) is 0.333. The van der Waals surface area contributed by atoms with E-state index >= 15 is 0 Å². The van der Waals surface area contributed by atoms with Crippen LogP contribution in [0.15, 0.2) is 42.6 Å². The molecule has 0 saturated heterocycles. The van der Waals surface area contributed by atoms with Gasteiger partial charge in [0.25, 0.3) is 5.91 Å². The number of hydrogen-bond acceptors (Lipinski definition) is 4. The number of para-hydroxylation sites is 1. The molecule has 0 spiro atoms. The van der Waals surface area contributed by atoms with Gasteiger partial charge in [0.1, 0.15) is 5.75 Å². The van der Waals surface area contributed by atoms with E-state index in [0.717, 1.165) is 12.5 Å². The molecule has 0 saturated carbocycles. The quantitative estimate of drug-likeness (QED) is 0.774. The first-order valence-electron chi connectivity index (χ1n) is 8.04. The van der Waals surface area contributed by atoms with Crippen LogP contribution < -0.4 is 14.8 Å². The number of carbonyl (C=O) groups is 1. The average Bonchev–Trinajstić information content (AvgIpc) is 2.63. The Hall–Kier alpha value is -2.77. The lowest BCUT2D eigenvalue weighted by molar-refractivity contribution is -0.139. The minimum Gasteiger partial charge on any atom is -0.483 e. The molecule has 5 nitrogen and oxygen atoms in total. The van der Waals surface area contributed by atoms with Gasteiger partial charge in [-0.1, -0.05) is 25.1 Å². The summed E-state index contributed by atoms with van der Waals surface area (Å²) in [6, 6.07) is 8.20. The number of alkyl halides is 3. The van der Waals surface area contributed by atoms with E-state index in [4.69, 9.17) is 9.47 Å². The van der Waals surface area contributed by atoms with Crippen LogP contribution in [0.3, 0.4) is 0 Å². The van der Waals surface area contributed by atoms with Crippen molar-refractivity contribution in [3.63, 3.8) is 0 Å². The zero-order chi connectivity index (χ0) is 19.0. The number of amides is 1. The first kappa shape index (κ1) is 19.6. The van der Waals surface area contributed by atoms with E-state index < -0.39 is 24.3 Å². The first-order chi connectivity index (χ1) is 12.4. The monoisotopic (exact) mass is 368 g/mol. The largest absolute Gasteiger partial charge is 0.483 e. The van der Waals surface area contributed by atoms with Crippen molar-refractivity contribution in [2.45, 2.75) is 26.1 Å². The molecule has 0 aliphatic carbocycles. The van der Waals surface area contributed by atoms with Crippen LogP contribution in [0.5, 0.6) is 11.6 Å². The van der Waals surface area contributed by atoms with E-state index in [1.54, 1.807) is 18.3 Å². The second-order valence-corrected chi connectivity index (χ2v) is 5.38. The molecule has 140 valence electrons. The topological polar surface area (TPSA) is 60.5 Å². The first-order valence-corrected chi connectivity index (χ1v) is 8.04. The van der Waals surface area contributed by atoms with Crippen molar-refractivity contribution in [2.75, 3.05) is 13.2 Å². The molecule has 1 aromatic heterocycles. The second kappa shape index (κ2) is 9.07. The zero-order valence-corrected chi connectivity index (χ0v) is 14.2. The third kappa shape index (κ3) is 5.65. The maximum atomic E-state index is 12.9. The smallest absolute Gasteiger partial charge is 0.419 e. The molecule has 0 radical (unpaired) electrons. The average molecular weight is 368 g/mol. The van der Waals surface area contributed by atoms with Gasteiger partial charge in [0.05, 0.1) is 12.2 Å². The molecular formula is C18H19F3N2O3. The summed E-state index contributed by atoms with van der Waals surface area (Å²) in [5.41, 5.74) is -0.250. The number of benzene rings is 1. The highest BCUT2D eigenvalue weighted by Crippen LogP contribution is 2.35. The van der Waals surface area contributed by atoms with Gasteiger partial charge in [-0.2, -0.15) is 13.2 Å². The maximum Gasteiger partial charge on any atom is 0.419 e. The van der Waals surface area contributed by atoms with Crippen LogP contribution in [-0.2, 0) is 17.5 Å². The van der Waals surface area contributed by atoms with Gasteiger partial charge < -0.3 is 14.8 Å². The normalized spacial score (nSPS) is 11.1. The van der Waals surface area contributed by atoms with Crippen LogP contribution in [0, 0.1) is 0 Å². The Morgan fingerprint density at radius 1 is 1.15 bits per heavy atom. The molecule has 0 bridgehead atoms. The summed E-state index contributed by atoms with van der Waals surface area (Å²) in [5.74, 6) is -0.520. The van der Waals surface area contributed by atoms with Crippen LogP contribution in [0.1, 0.15) is 24.5 Å². The standard InChI is InChI=1S/C18H19F3N2O3/c1-2-10-25-17-13(6-5-9-22-17)11-23-16(24)12-26-15-8-4-3-7-14(15)18(19,20)21/h3-9H,2,10-12H2,1H3,(H,23,24). The van der Waals surface area contributed by atoms with Crippen molar-refractivity contribution in [3.8, 4) is 11.6 Å². The van der Waals surface area contributed by atoms with Crippen molar-refractivity contribution in [1.82, 2.24) is 10.3 Å². The van der Waals surface area contributed by atoms with Crippen molar-refractivity contribution < 1.29 is 27.4 Å². The van der Waals surface area contributed by atoms with Crippen LogP contribution in [-0.4, -0.2) is 24.1 Å². The number of ether oxygens (including phenoxy) is 2. The highest BCUT2D eigenvalue weighted by molar-refractivity contribution is 5.77. The van der Waals surface area contributed by atoms with Gasteiger partial charge in [0.2, 0.25) is 5.88 Å². The summed E-state index contributed by atoms with van der Waals surface area (Å²) in [6.07, 6.45) is -2.16. The van der Waals surface area contributed by atoms with Crippen molar-refractivity contribution >= 4 is 5.91 Å². The minimum absolute atomic E-state index is 0.135. The van der Waals surface area contributed by atoms with Gasteiger partial charge in [-0.15, -0.1) is 0 Å². The molecule has 2 rings (SSSR count). The van der Waals surface area contributed by atoms with Crippen LogP contribution in [0.2, 0.25) is 0 Å². The van der Waals surface area contributed by atoms with Gasteiger partial charge >= 0.3 is 6.18 Å². The number of carbonyl (C=O) groups excluding carboxylic acids is 1. The second-order valence-electron chi connectivity index (χ2n) is 5.38. The lowest BCUT2D eigenvalue weighted by Gasteiger charge is -2.14. The Morgan fingerprint density at radius 3 is 2.65 bits per heavy atom. The van der Waals surface area contributed by atoms with E-state index in [1.165, 1.54) is 18.2 Å². The molecule has 0 unspecified atom stereocenters. The number of pyridine rings is 1. The van der Waals surface area contributed by atoms with Crippen molar-refractivity contribution in [1.29, 1.82) is 0 Å². The zero-order valence-electron chi connectivity index (χ0n) is 14.2. The third-order valence-corrected chi connectivity index (χ3v) is 3.32. The van der Waals surface area contributed by atoms with E-state index in [2.05, 4.69) is 10.3 Å². The third-order valence-electron chi connectivity index (χ3n) is 3.32. The fourth-order valence-corrected chi connectivity index (χ4v) is 2.10. The summed E-state index contributed by atoms with van der Waals surface area (Å²) in [7, 11) is 0. The molecular weight excluding hydrogens is 349 g/mol. The lowest BCUT2D eigenvalue weighted by Crippen LogP contribution is -2.29.